The Morgan fingerprint density at radius 1 is 1.00 bits per heavy atom. The second-order valence-electron chi connectivity index (χ2n) is 5.89. The predicted octanol–water partition coefficient (Wildman–Crippen LogP) is 0.875. The van der Waals surface area contributed by atoms with E-state index in [-0.39, 0.29) is 0 Å². The molecule has 0 bridgehead atoms. The first kappa shape index (κ1) is 14.2. The van der Waals surface area contributed by atoms with Crippen molar-refractivity contribution in [3.63, 3.8) is 0 Å². The molecule has 2 heterocycles. The van der Waals surface area contributed by atoms with Gasteiger partial charge >= 0.3 is 0 Å². The predicted molar refractivity (Wildman–Crippen MR) is 80.8 cm³/mol. The molecule has 1 aliphatic rings. The summed E-state index contributed by atoms with van der Waals surface area (Å²) in [5, 5.41) is 12.3. The van der Waals surface area contributed by atoms with Crippen LogP contribution in [0.2, 0.25) is 0 Å². The smallest absolute Gasteiger partial charge is 0.206 e. The van der Waals surface area contributed by atoms with Crippen LogP contribution in [0.3, 0.4) is 0 Å². The molecule has 1 aliphatic heterocycles. The second kappa shape index (κ2) is 7.31. The molecular weight excluding hydrogens is 262 g/mol. The highest BCUT2D eigenvalue weighted by Gasteiger charge is 2.17. The van der Waals surface area contributed by atoms with Gasteiger partial charge in [-0.1, -0.05) is 30.3 Å². The molecular formula is C16H24N5+. The number of benzene rings is 1. The molecule has 1 saturated heterocycles. The van der Waals surface area contributed by atoms with E-state index in [1.807, 2.05) is 4.68 Å². The van der Waals surface area contributed by atoms with E-state index in [1.165, 1.54) is 44.3 Å². The summed E-state index contributed by atoms with van der Waals surface area (Å²) in [4.78, 5) is 1.63. The lowest BCUT2D eigenvalue weighted by atomic mass is 10.1. The van der Waals surface area contributed by atoms with Crippen LogP contribution in [-0.4, -0.2) is 33.3 Å². The highest BCUT2D eigenvalue weighted by Crippen LogP contribution is 2.03. The van der Waals surface area contributed by atoms with Crippen molar-refractivity contribution in [3.05, 3.63) is 41.7 Å². The van der Waals surface area contributed by atoms with Gasteiger partial charge in [0.25, 0.3) is 0 Å². The van der Waals surface area contributed by atoms with Gasteiger partial charge in [-0.15, -0.1) is 5.10 Å². The molecule has 0 radical (unpaired) electrons. The Kier molecular flexibility index (Phi) is 4.94. The Hall–Kier alpha value is -1.75. The largest absolute Gasteiger partial charge is 0.329 e. The summed E-state index contributed by atoms with van der Waals surface area (Å²) in [5.41, 5.74) is 1.33. The van der Waals surface area contributed by atoms with Crippen molar-refractivity contribution in [3.8, 4) is 0 Å². The number of aryl methyl sites for hydroxylation is 2. The van der Waals surface area contributed by atoms with E-state index in [1.54, 1.807) is 4.90 Å². The van der Waals surface area contributed by atoms with E-state index in [4.69, 9.17) is 0 Å². The van der Waals surface area contributed by atoms with E-state index in [0.29, 0.717) is 0 Å². The van der Waals surface area contributed by atoms with Gasteiger partial charge in [-0.05, 0) is 48.1 Å². The summed E-state index contributed by atoms with van der Waals surface area (Å²) in [7, 11) is 0. The molecule has 0 saturated carbocycles. The van der Waals surface area contributed by atoms with E-state index >= 15 is 0 Å². The van der Waals surface area contributed by atoms with Crippen LogP contribution in [0.4, 0.5) is 0 Å². The van der Waals surface area contributed by atoms with Crippen LogP contribution >= 0.6 is 0 Å². The van der Waals surface area contributed by atoms with Crippen molar-refractivity contribution < 1.29 is 4.90 Å². The molecule has 0 unspecified atom stereocenters. The number of quaternary nitrogens is 1. The molecule has 0 aliphatic carbocycles. The molecule has 0 spiro atoms. The number of nitrogens with one attached hydrogen (secondary N) is 1. The Morgan fingerprint density at radius 3 is 2.52 bits per heavy atom. The molecule has 3 rings (SSSR count). The number of hydrogen-bond acceptors (Lipinski definition) is 3. The zero-order valence-electron chi connectivity index (χ0n) is 12.5. The zero-order valence-corrected chi connectivity index (χ0v) is 12.5. The summed E-state index contributed by atoms with van der Waals surface area (Å²) in [5.74, 6) is 1.03. The van der Waals surface area contributed by atoms with Gasteiger partial charge in [-0.3, -0.25) is 0 Å². The normalized spacial score (nSPS) is 16.8. The molecule has 2 aromatic rings. The number of hydrogen-bond donors (Lipinski definition) is 1. The van der Waals surface area contributed by atoms with Gasteiger partial charge in [-0.2, -0.15) is 0 Å². The first-order valence-corrected chi connectivity index (χ1v) is 8.04. The van der Waals surface area contributed by atoms with Gasteiger partial charge in [0.15, 0.2) is 0 Å². The highest BCUT2D eigenvalue weighted by atomic mass is 15.5. The zero-order chi connectivity index (χ0) is 14.3. The molecule has 1 N–H and O–H groups in total. The lowest BCUT2D eigenvalue weighted by Gasteiger charge is -2.16. The molecule has 0 atom stereocenters. The van der Waals surface area contributed by atoms with Gasteiger partial charge in [0.05, 0.1) is 13.1 Å². The minimum Gasteiger partial charge on any atom is -0.329 e. The first-order valence-electron chi connectivity index (χ1n) is 8.04. The fourth-order valence-electron chi connectivity index (χ4n) is 3.03. The molecule has 1 aromatic carbocycles. The molecule has 0 amide bonds. The number of aromatic nitrogens is 4. The van der Waals surface area contributed by atoms with Crippen LogP contribution < -0.4 is 4.90 Å². The maximum atomic E-state index is 4.23. The van der Waals surface area contributed by atoms with Crippen molar-refractivity contribution in [2.24, 2.45) is 0 Å². The molecule has 21 heavy (non-hydrogen) atoms. The molecule has 1 fully saturated rings. The van der Waals surface area contributed by atoms with Crippen molar-refractivity contribution in [1.29, 1.82) is 0 Å². The first-order chi connectivity index (χ1) is 10.4. The summed E-state index contributed by atoms with van der Waals surface area (Å²) in [6, 6.07) is 10.5. The lowest BCUT2D eigenvalue weighted by Crippen LogP contribution is -3.10. The number of likely N-dealkylation sites (tertiary alicyclic amines) is 1. The Bertz CT molecular complexity index is 529. The highest BCUT2D eigenvalue weighted by molar-refractivity contribution is 5.14. The third-order valence-electron chi connectivity index (χ3n) is 4.28. The van der Waals surface area contributed by atoms with Crippen molar-refractivity contribution in [2.75, 3.05) is 13.1 Å². The van der Waals surface area contributed by atoms with Crippen molar-refractivity contribution >= 4 is 0 Å². The van der Waals surface area contributed by atoms with Crippen LogP contribution in [0.25, 0.3) is 0 Å². The SMILES string of the molecule is c1ccc(CCn2nnnc2C[NH+]2CCCCCC2)cc1. The summed E-state index contributed by atoms with van der Waals surface area (Å²) in [6.07, 6.45) is 6.40. The average molecular weight is 286 g/mol. The minimum absolute atomic E-state index is 0.861. The van der Waals surface area contributed by atoms with E-state index in [0.717, 1.165) is 25.3 Å². The fourth-order valence-corrected chi connectivity index (χ4v) is 3.03. The Morgan fingerprint density at radius 2 is 1.76 bits per heavy atom. The average Bonchev–Trinajstić information content (AvgIpc) is 2.79. The van der Waals surface area contributed by atoms with Crippen molar-refractivity contribution in [1.82, 2.24) is 20.2 Å². The molecule has 5 nitrogen and oxygen atoms in total. The van der Waals surface area contributed by atoms with Crippen LogP contribution in [-0.2, 0) is 19.5 Å². The van der Waals surface area contributed by atoms with E-state index in [9.17, 15) is 0 Å². The monoisotopic (exact) mass is 286 g/mol. The van der Waals surface area contributed by atoms with Crippen LogP contribution in [0.1, 0.15) is 37.1 Å². The quantitative estimate of drug-likeness (QED) is 0.887. The van der Waals surface area contributed by atoms with Crippen LogP contribution in [0.15, 0.2) is 30.3 Å². The third-order valence-corrected chi connectivity index (χ3v) is 4.28. The van der Waals surface area contributed by atoms with E-state index in [2.05, 4.69) is 45.9 Å². The lowest BCUT2D eigenvalue weighted by molar-refractivity contribution is -0.913. The Balaban J connectivity index is 1.58. The van der Waals surface area contributed by atoms with Gasteiger partial charge in [0.2, 0.25) is 5.82 Å². The third kappa shape index (κ3) is 4.11. The number of tetrazole rings is 1. The fraction of sp³-hybridized carbons (Fsp3) is 0.562. The molecule has 112 valence electrons. The topological polar surface area (TPSA) is 48.0 Å². The van der Waals surface area contributed by atoms with Crippen LogP contribution in [0.5, 0.6) is 0 Å². The standard InChI is InChI=1S/C16H23N5/c1-2-7-12-20(11-6-1)14-16-17-18-19-21(16)13-10-15-8-4-3-5-9-15/h3-5,8-9H,1-2,6-7,10-14H2/p+1. The van der Waals surface area contributed by atoms with Crippen LogP contribution in [0, 0.1) is 0 Å². The summed E-state index contributed by atoms with van der Waals surface area (Å²) >= 11 is 0. The van der Waals surface area contributed by atoms with Gasteiger partial charge in [0.1, 0.15) is 6.54 Å². The maximum absolute atomic E-state index is 4.23. The number of rotatable bonds is 5. The van der Waals surface area contributed by atoms with E-state index < -0.39 is 0 Å². The Labute approximate surface area is 126 Å². The second-order valence-corrected chi connectivity index (χ2v) is 5.89. The maximum Gasteiger partial charge on any atom is 0.206 e. The summed E-state index contributed by atoms with van der Waals surface area (Å²) < 4.78 is 1.98. The minimum atomic E-state index is 0.861. The number of nitrogens with zero attached hydrogens (tertiary/aromatic N) is 4. The molecule has 5 heteroatoms. The van der Waals surface area contributed by atoms with Crippen molar-refractivity contribution in [2.45, 2.75) is 45.2 Å². The van der Waals surface area contributed by atoms with Gasteiger partial charge < -0.3 is 4.90 Å². The van der Waals surface area contributed by atoms with Gasteiger partial charge in [0, 0.05) is 6.54 Å². The van der Waals surface area contributed by atoms with Gasteiger partial charge in [-0.25, -0.2) is 4.68 Å². The summed E-state index contributed by atoms with van der Waals surface area (Å²) in [6.45, 7) is 4.33. The molecule has 1 aromatic heterocycles.